The Bertz CT molecular complexity index is 1050. The van der Waals surface area contributed by atoms with Gasteiger partial charge in [0, 0.05) is 17.1 Å². The number of hydrogen-bond donors (Lipinski definition) is 3. The Morgan fingerprint density at radius 2 is 1.72 bits per heavy atom. The predicted octanol–water partition coefficient (Wildman–Crippen LogP) is 3.40. The summed E-state index contributed by atoms with van der Waals surface area (Å²) in [5, 5.41) is 13.2. The Kier molecular flexibility index (Phi) is 4.30. The average molecular weight is 359 g/mol. The zero-order chi connectivity index (χ0) is 18.0. The predicted molar refractivity (Wildman–Crippen MR) is 91.5 cm³/mol. The van der Waals surface area contributed by atoms with Crippen LogP contribution in [0.25, 0.3) is 10.8 Å². The summed E-state index contributed by atoms with van der Waals surface area (Å²) in [7, 11) is -4.43. The Labute approximate surface area is 143 Å². The number of fused-ring (bicyclic) bond motifs is 1. The van der Waals surface area contributed by atoms with Crippen LogP contribution in [0.1, 0.15) is 0 Å². The summed E-state index contributed by atoms with van der Waals surface area (Å²) in [4.78, 5) is 11.5. The zero-order valence-electron chi connectivity index (χ0n) is 12.7. The van der Waals surface area contributed by atoms with Crippen LogP contribution >= 0.6 is 0 Å². The first-order valence-electron chi connectivity index (χ1n) is 7.11. The van der Waals surface area contributed by atoms with Crippen LogP contribution in [0.5, 0.6) is 11.5 Å². The molecule has 0 atom stereocenters. The molecule has 0 aliphatic rings. The first kappa shape index (κ1) is 16.7. The van der Waals surface area contributed by atoms with Crippen molar-refractivity contribution in [3.8, 4) is 11.5 Å². The molecule has 1 amide bonds. The molecule has 7 nitrogen and oxygen atoms in total. The van der Waals surface area contributed by atoms with E-state index < -0.39 is 21.1 Å². The van der Waals surface area contributed by atoms with Crippen LogP contribution in [0.2, 0.25) is 0 Å². The van der Waals surface area contributed by atoms with Crippen LogP contribution in [-0.4, -0.2) is 24.2 Å². The first-order valence-corrected chi connectivity index (χ1v) is 8.55. The highest BCUT2D eigenvalue weighted by atomic mass is 32.2. The molecule has 128 valence electrons. The Morgan fingerprint density at radius 1 is 1.00 bits per heavy atom. The van der Waals surface area contributed by atoms with E-state index in [9.17, 15) is 18.3 Å². The molecule has 0 aliphatic heterocycles. The van der Waals surface area contributed by atoms with Crippen LogP contribution in [0.4, 0.5) is 10.5 Å². The van der Waals surface area contributed by atoms with Gasteiger partial charge in [0.1, 0.15) is 11.5 Å². The van der Waals surface area contributed by atoms with Gasteiger partial charge in [-0.3, -0.25) is 9.87 Å². The van der Waals surface area contributed by atoms with Crippen molar-refractivity contribution in [2.75, 3.05) is 5.32 Å². The van der Waals surface area contributed by atoms with Gasteiger partial charge < -0.3 is 9.84 Å². The SMILES string of the molecule is O=C(Nc1ccc2cc(S(=O)(=O)O)cc(O)c2c1)Oc1ccccc1. The molecule has 0 radical (unpaired) electrons. The molecule has 8 heteroatoms. The largest absolute Gasteiger partial charge is 0.507 e. The molecule has 0 saturated carbocycles. The number of ether oxygens (including phenoxy) is 1. The molecule has 0 saturated heterocycles. The maximum absolute atomic E-state index is 11.9. The van der Waals surface area contributed by atoms with Crippen molar-refractivity contribution in [2.24, 2.45) is 0 Å². The molecule has 0 aromatic heterocycles. The highest BCUT2D eigenvalue weighted by Gasteiger charge is 2.14. The Balaban J connectivity index is 1.86. The fourth-order valence-corrected chi connectivity index (χ4v) is 2.81. The van der Waals surface area contributed by atoms with Crippen molar-refractivity contribution in [3.05, 3.63) is 60.7 Å². The lowest BCUT2D eigenvalue weighted by Gasteiger charge is -2.09. The molecular weight excluding hydrogens is 346 g/mol. The van der Waals surface area contributed by atoms with Crippen LogP contribution in [0.3, 0.4) is 0 Å². The number of phenolic OH excluding ortho intramolecular Hbond substituents is 1. The fourth-order valence-electron chi connectivity index (χ4n) is 2.28. The van der Waals surface area contributed by atoms with Gasteiger partial charge in [0.15, 0.2) is 0 Å². The molecule has 0 spiro atoms. The van der Waals surface area contributed by atoms with Crippen molar-refractivity contribution < 1.29 is 27.6 Å². The summed E-state index contributed by atoms with van der Waals surface area (Å²) in [5.74, 6) is 0.0339. The van der Waals surface area contributed by atoms with Gasteiger partial charge in [-0.1, -0.05) is 24.3 Å². The van der Waals surface area contributed by atoms with Crippen molar-refractivity contribution in [2.45, 2.75) is 4.90 Å². The van der Waals surface area contributed by atoms with E-state index in [0.29, 0.717) is 22.2 Å². The maximum atomic E-state index is 11.9. The number of para-hydroxylation sites is 1. The minimum absolute atomic E-state index is 0.310. The molecule has 0 aliphatic carbocycles. The van der Waals surface area contributed by atoms with E-state index in [1.165, 1.54) is 24.3 Å². The number of anilines is 1. The number of rotatable bonds is 3. The molecule has 3 aromatic carbocycles. The summed E-state index contributed by atoms with van der Waals surface area (Å²) in [6, 6.07) is 15.1. The number of amides is 1. The summed E-state index contributed by atoms with van der Waals surface area (Å²) in [5.41, 5.74) is 0.350. The number of aromatic hydroxyl groups is 1. The van der Waals surface area contributed by atoms with Gasteiger partial charge in [0.25, 0.3) is 10.1 Å². The van der Waals surface area contributed by atoms with Crippen LogP contribution < -0.4 is 10.1 Å². The van der Waals surface area contributed by atoms with E-state index in [0.717, 1.165) is 6.07 Å². The third kappa shape index (κ3) is 3.87. The fraction of sp³-hybridized carbons (Fsp3) is 0. The van der Waals surface area contributed by atoms with Crippen LogP contribution in [0, 0.1) is 0 Å². The molecular formula is C17H13NO6S. The number of hydrogen-bond acceptors (Lipinski definition) is 5. The minimum Gasteiger partial charge on any atom is -0.507 e. The highest BCUT2D eigenvalue weighted by Crippen LogP contribution is 2.30. The Hall–Kier alpha value is -3.10. The minimum atomic E-state index is -4.43. The molecule has 0 bridgehead atoms. The number of benzene rings is 3. The van der Waals surface area contributed by atoms with Gasteiger partial charge in [-0.15, -0.1) is 0 Å². The van der Waals surface area contributed by atoms with E-state index in [1.807, 2.05) is 0 Å². The third-order valence-electron chi connectivity index (χ3n) is 3.40. The highest BCUT2D eigenvalue weighted by molar-refractivity contribution is 7.85. The standard InChI is InChI=1S/C17H13NO6S/c19-16-10-14(25(21,22)23)8-11-6-7-12(9-15(11)16)18-17(20)24-13-4-2-1-3-5-13/h1-10,19H,(H,18,20)(H,21,22,23). The monoisotopic (exact) mass is 359 g/mol. The van der Waals surface area contributed by atoms with Crippen molar-refractivity contribution >= 4 is 32.7 Å². The van der Waals surface area contributed by atoms with Gasteiger partial charge in [0.2, 0.25) is 0 Å². The number of carbonyl (C=O) groups excluding carboxylic acids is 1. The van der Waals surface area contributed by atoms with E-state index in [-0.39, 0.29) is 5.75 Å². The topological polar surface area (TPSA) is 113 Å². The molecule has 25 heavy (non-hydrogen) atoms. The lowest BCUT2D eigenvalue weighted by Crippen LogP contribution is -2.16. The van der Waals surface area contributed by atoms with E-state index in [4.69, 9.17) is 9.29 Å². The zero-order valence-corrected chi connectivity index (χ0v) is 13.5. The summed E-state index contributed by atoms with van der Waals surface area (Å²) >= 11 is 0. The van der Waals surface area contributed by atoms with E-state index >= 15 is 0 Å². The van der Waals surface area contributed by atoms with E-state index in [1.54, 1.807) is 30.3 Å². The second-order valence-electron chi connectivity index (χ2n) is 5.18. The molecule has 0 unspecified atom stereocenters. The average Bonchev–Trinajstić information content (AvgIpc) is 2.55. The summed E-state index contributed by atoms with van der Waals surface area (Å²) in [6.07, 6.45) is -0.709. The van der Waals surface area contributed by atoms with Gasteiger partial charge in [-0.2, -0.15) is 8.42 Å². The van der Waals surface area contributed by atoms with Crippen molar-refractivity contribution in [1.82, 2.24) is 0 Å². The lowest BCUT2D eigenvalue weighted by atomic mass is 10.1. The van der Waals surface area contributed by atoms with E-state index in [2.05, 4.69) is 5.32 Å². The third-order valence-corrected chi connectivity index (χ3v) is 4.24. The van der Waals surface area contributed by atoms with Gasteiger partial charge in [-0.25, -0.2) is 4.79 Å². The molecule has 3 aromatic rings. The molecule has 3 rings (SSSR count). The number of carbonyl (C=O) groups is 1. The summed E-state index contributed by atoms with van der Waals surface area (Å²) in [6.45, 7) is 0. The maximum Gasteiger partial charge on any atom is 0.417 e. The van der Waals surface area contributed by atoms with Gasteiger partial charge in [-0.05, 0) is 35.7 Å². The smallest absolute Gasteiger partial charge is 0.417 e. The normalized spacial score (nSPS) is 11.2. The second-order valence-corrected chi connectivity index (χ2v) is 6.60. The van der Waals surface area contributed by atoms with Crippen LogP contribution in [-0.2, 0) is 10.1 Å². The van der Waals surface area contributed by atoms with Gasteiger partial charge in [0.05, 0.1) is 4.90 Å². The molecule has 3 N–H and O–H groups in total. The van der Waals surface area contributed by atoms with Gasteiger partial charge >= 0.3 is 6.09 Å². The molecule has 0 heterocycles. The first-order chi connectivity index (χ1) is 11.8. The molecule has 0 fully saturated rings. The number of nitrogens with one attached hydrogen (secondary N) is 1. The Morgan fingerprint density at radius 3 is 2.40 bits per heavy atom. The van der Waals surface area contributed by atoms with Crippen molar-refractivity contribution in [3.63, 3.8) is 0 Å². The second kappa shape index (κ2) is 6.42. The number of phenols is 1. The quantitative estimate of drug-likeness (QED) is 0.618. The van der Waals surface area contributed by atoms with Crippen molar-refractivity contribution in [1.29, 1.82) is 0 Å². The lowest BCUT2D eigenvalue weighted by molar-refractivity contribution is 0.215. The summed E-state index contributed by atoms with van der Waals surface area (Å²) < 4.78 is 36.5. The van der Waals surface area contributed by atoms with Crippen LogP contribution in [0.15, 0.2) is 65.6 Å².